The lowest BCUT2D eigenvalue weighted by molar-refractivity contribution is 0.271. The molecule has 2 aromatic carbocycles. The van der Waals surface area contributed by atoms with Crippen LogP contribution < -0.4 is 9.47 Å². The summed E-state index contributed by atoms with van der Waals surface area (Å²) < 4.78 is 11.9. The Morgan fingerprint density at radius 3 is 2.48 bits per heavy atom. The van der Waals surface area contributed by atoms with E-state index in [9.17, 15) is 0 Å². The van der Waals surface area contributed by atoms with Crippen molar-refractivity contribution in [3.8, 4) is 11.5 Å². The molecule has 0 fully saturated rings. The molecule has 0 bridgehead atoms. The van der Waals surface area contributed by atoms with Gasteiger partial charge in [-0.15, -0.1) is 11.6 Å². The van der Waals surface area contributed by atoms with Crippen LogP contribution in [-0.4, -0.2) is 19.1 Å². The van der Waals surface area contributed by atoms with Crippen LogP contribution in [0, 0.1) is 5.92 Å². The topological polar surface area (TPSA) is 18.5 Å². The summed E-state index contributed by atoms with van der Waals surface area (Å²) in [6, 6.07) is 10.6. The maximum absolute atomic E-state index is 6.06. The van der Waals surface area contributed by atoms with Crippen LogP contribution in [0.4, 0.5) is 0 Å². The van der Waals surface area contributed by atoms with Gasteiger partial charge in [0.15, 0.2) is 0 Å². The molecule has 0 radical (unpaired) electrons. The molecule has 0 amide bonds. The summed E-state index contributed by atoms with van der Waals surface area (Å²) in [5.41, 5.74) is 1.29. The number of benzene rings is 2. The first-order valence-corrected chi connectivity index (χ1v) is 10.1. The van der Waals surface area contributed by atoms with Gasteiger partial charge in [0.2, 0.25) is 0 Å². The first-order valence-electron chi connectivity index (χ1n) is 9.53. The normalized spacial score (nSPS) is 11.2. The summed E-state index contributed by atoms with van der Waals surface area (Å²) in [5, 5.41) is 2.48. The van der Waals surface area contributed by atoms with E-state index in [0.717, 1.165) is 49.9 Å². The molecule has 0 aliphatic carbocycles. The lowest BCUT2D eigenvalue weighted by Crippen LogP contribution is -2.04. The van der Waals surface area contributed by atoms with Crippen LogP contribution >= 0.6 is 11.6 Å². The summed E-state index contributed by atoms with van der Waals surface area (Å²) in [5.74, 6) is 3.25. The molecule has 0 unspecified atom stereocenters. The summed E-state index contributed by atoms with van der Waals surface area (Å²) in [7, 11) is 0. The van der Waals surface area contributed by atoms with E-state index in [0.29, 0.717) is 5.92 Å². The van der Waals surface area contributed by atoms with E-state index in [4.69, 9.17) is 21.1 Å². The number of rotatable bonds is 11. The van der Waals surface area contributed by atoms with Crippen LogP contribution in [-0.2, 0) is 6.42 Å². The minimum Gasteiger partial charge on any atom is -0.493 e. The highest BCUT2D eigenvalue weighted by Crippen LogP contribution is 2.31. The average molecular weight is 363 g/mol. The van der Waals surface area contributed by atoms with E-state index >= 15 is 0 Å². The number of alkyl halides is 1. The largest absolute Gasteiger partial charge is 0.493 e. The number of hydrogen-bond acceptors (Lipinski definition) is 2. The number of unbranched alkanes of at least 4 members (excludes halogenated alkanes) is 3. The SMILES string of the molecule is CCc1c(OCCCCCCCl)ccc2cc(OCC(C)C)ccc12. The summed E-state index contributed by atoms with van der Waals surface area (Å²) in [4.78, 5) is 0. The number of halogens is 1. The van der Waals surface area contributed by atoms with Gasteiger partial charge < -0.3 is 9.47 Å². The van der Waals surface area contributed by atoms with E-state index in [-0.39, 0.29) is 0 Å². The fourth-order valence-corrected chi connectivity index (χ4v) is 3.13. The number of ether oxygens (including phenoxy) is 2. The Kier molecular flexibility index (Phi) is 8.40. The van der Waals surface area contributed by atoms with Gasteiger partial charge in [-0.2, -0.15) is 0 Å². The minimum atomic E-state index is 0.530. The van der Waals surface area contributed by atoms with Gasteiger partial charge in [0, 0.05) is 11.4 Å². The van der Waals surface area contributed by atoms with Crippen LogP contribution in [0.5, 0.6) is 11.5 Å². The van der Waals surface area contributed by atoms with Crippen molar-refractivity contribution in [2.45, 2.75) is 52.9 Å². The number of aryl methyl sites for hydroxylation is 1. The Morgan fingerprint density at radius 2 is 1.76 bits per heavy atom. The van der Waals surface area contributed by atoms with Gasteiger partial charge in [-0.1, -0.05) is 45.7 Å². The molecule has 2 nitrogen and oxygen atoms in total. The van der Waals surface area contributed by atoms with Crippen molar-refractivity contribution in [3.05, 3.63) is 35.9 Å². The standard InChI is InChI=1S/C22H31ClO2/c1-4-20-21-11-10-19(25-16-17(2)3)15-18(21)9-12-22(20)24-14-8-6-5-7-13-23/h9-12,15,17H,4-8,13-14,16H2,1-3H3. The first kappa shape index (κ1) is 19.9. The Hall–Kier alpha value is -1.41. The second-order valence-corrected chi connectivity index (χ2v) is 7.31. The lowest BCUT2D eigenvalue weighted by atomic mass is 10.0. The van der Waals surface area contributed by atoms with Crippen molar-refractivity contribution in [2.24, 2.45) is 5.92 Å². The molecular formula is C22H31ClO2. The zero-order chi connectivity index (χ0) is 18.1. The zero-order valence-electron chi connectivity index (χ0n) is 15.8. The van der Waals surface area contributed by atoms with Gasteiger partial charge in [-0.3, -0.25) is 0 Å². The highest BCUT2D eigenvalue weighted by molar-refractivity contribution is 6.17. The van der Waals surface area contributed by atoms with Crippen LogP contribution in [0.1, 0.15) is 52.0 Å². The third kappa shape index (κ3) is 6.11. The Labute approximate surface area is 157 Å². The van der Waals surface area contributed by atoms with Crippen molar-refractivity contribution in [1.29, 1.82) is 0 Å². The lowest BCUT2D eigenvalue weighted by Gasteiger charge is -2.15. The maximum atomic E-state index is 6.06. The zero-order valence-corrected chi connectivity index (χ0v) is 16.6. The number of hydrogen-bond donors (Lipinski definition) is 0. The molecule has 0 saturated heterocycles. The maximum Gasteiger partial charge on any atom is 0.123 e. The Balaban J connectivity index is 2.05. The smallest absolute Gasteiger partial charge is 0.123 e. The fraction of sp³-hybridized carbons (Fsp3) is 0.545. The van der Waals surface area contributed by atoms with Gasteiger partial charge in [0.05, 0.1) is 13.2 Å². The van der Waals surface area contributed by atoms with Crippen LogP contribution in [0.3, 0.4) is 0 Å². The molecule has 25 heavy (non-hydrogen) atoms. The molecule has 0 spiro atoms. The van der Waals surface area contributed by atoms with Crippen molar-refractivity contribution >= 4 is 22.4 Å². The van der Waals surface area contributed by atoms with E-state index in [1.165, 1.54) is 29.2 Å². The first-order chi connectivity index (χ1) is 12.2. The Morgan fingerprint density at radius 1 is 0.960 bits per heavy atom. The van der Waals surface area contributed by atoms with Gasteiger partial charge in [-0.25, -0.2) is 0 Å². The molecule has 0 aliphatic heterocycles. The molecule has 2 aromatic rings. The third-order valence-electron chi connectivity index (χ3n) is 4.28. The van der Waals surface area contributed by atoms with Crippen molar-refractivity contribution in [2.75, 3.05) is 19.1 Å². The van der Waals surface area contributed by atoms with E-state index in [2.05, 4.69) is 51.1 Å². The summed E-state index contributed by atoms with van der Waals surface area (Å²) in [6.07, 6.45) is 5.51. The van der Waals surface area contributed by atoms with Crippen LogP contribution in [0.25, 0.3) is 10.8 Å². The number of fused-ring (bicyclic) bond motifs is 1. The summed E-state index contributed by atoms with van der Waals surface area (Å²) in [6.45, 7) is 8.03. The second kappa shape index (κ2) is 10.6. The molecule has 0 aromatic heterocycles. The predicted molar refractivity (Wildman–Crippen MR) is 108 cm³/mol. The molecule has 2 rings (SSSR count). The molecule has 3 heteroatoms. The van der Waals surface area contributed by atoms with E-state index < -0.39 is 0 Å². The molecular weight excluding hydrogens is 332 g/mol. The van der Waals surface area contributed by atoms with Gasteiger partial charge in [-0.05, 0) is 54.2 Å². The molecule has 138 valence electrons. The van der Waals surface area contributed by atoms with Gasteiger partial charge in [0.1, 0.15) is 11.5 Å². The molecule has 0 saturated carbocycles. The monoisotopic (exact) mass is 362 g/mol. The van der Waals surface area contributed by atoms with Gasteiger partial charge in [0.25, 0.3) is 0 Å². The second-order valence-electron chi connectivity index (χ2n) is 6.94. The predicted octanol–water partition coefficient (Wildman–Crippen LogP) is 6.62. The highest BCUT2D eigenvalue weighted by atomic mass is 35.5. The van der Waals surface area contributed by atoms with Gasteiger partial charge >= 0.3 is 0 Å². The van der Waals surface area contributed by atoms with Crippen molar-refractivity contribution in [1.82, 2.24) is 0 Å². The molecule has 0 atom stereocenters. The minimum absolute atomic E-state index is 0.530. The highest BCUT2D eigenvalue weighted by Gasteiger charge is 2.09. The third-order valence-corrected chi connectivity index (χ3v) is 4.55. The van der Waals surface area contributed by atoms with E-state index in [1.54, 1.807) is 0 Å². The van der Waals surface area contributed by atoms with Crippen LogP contribution in [0.2, 0.25) is 0 Å². The molecule has 0 aliphatic rings. The van der Waals surface area contributed by atoms with Crippen molar-refractivity contribution < 1.29 is 9.47 Å². The Bertz CT molecular complexity index is 652. The van der Waals surface area contributed by atoms with E-state index in [1.807, 2.05) is 0 Å². The summed E-state index contributed by atoms with van der Waals surface area (Å²) >= 11 is 5.71. The van der Waals surface area contributed by atoms with Crippen LogP contribution in [0.15, 0.2) is 30.3 Å². The molecule has 0 N–H and O–H groups in total. The molecule has 0 heterocycles. The van der Waals surface area contributed by atoms with Crippen molar-refractivity contribution in [3.63, 3.8) is 0 Å². The fourth-order valence-electron chi connectivity index (χ4n) is 2.94. The average Bonchev–Trinajstić information content (AvgIpc) is 2.62. The quantitative estimate of drug-likeness (QED) is 0.330.